The van der Waals surface area contributed by atoms with Gasteiger partial charge >= 0.3 is 0 Å². The molecular formula is C20H25NO2. The number of ether oxygens (including phenoxy) is 1. The van der Waals surface area contributed by atoms with Gasteiger partial charge in [-0.1, -0.05) is 44.5 Å². The van der Waals surface area contributed by atoms with E-state index in [1.807, 2.05) is 50.2 Å². The Morgan fingerprint density at radius 1 is 1.04 bits per heavy atom. The molecule has 0 radical (unpaired) electrons. The van der Waals surface area contributed by atoms with Gasteiger partial charge in [-0.3, -0.25) is 4.79 Å². The highest BCUT2D eigenvalue weighted by Crippen LogP contribution is 2.31. The van der Waals surface area contributed by atoms with Crippen LogP contribution in [0.25, 0.3) is 0 Å². The average Bonchev–Trinajstić information content (AvgIpc) is 2.48. The largest absolute Gasteiger partial charge is 0.495 e. The number of nitrogens with one attached hydrogen (secondary N) is 1. The van der Waals surface area contributed by atoms with Crippen LogP contribution in [-0.4, -0.2) is 13.0 Å². The topological polar surface area (TPSA) is 38.3 Å². The van der Waals surface area contributed by atoms with E-state index in [-0.39, 0.29) is 11.3 Å². The molecule has 122 valence electrons. The van der Waals surface area contributed by atoms with Gasteiger partial charge in [-0.15, -0.1) is 0 Å². The van der Waals surface area contributed by atoms with E-state index < -0.39 is 0 Å². The van der Waals surface area contributed by atoms with Crippen molar-refractivity contribution in [2.24, 2.45) is 0 Å². The Balaban J connectivity index is 2.38. The first-order valence-corrected chi connectivity index (χ1v) is 7.79. The Kier molecular flexibility index (Phi) is 4.79. The molecule has 0 spiro atoms. The number of methoxy groups -OCH3 is 1. The van der Waals surface area contributed by atoms with Gasteiger partial charge < -0.3 is 10.1 Å². The summed E-state index contributed by atoms with van der Waals surface area (Å²) in [5.41, 5.74) is 4.56. The van der Waals surface area contributed by atoms with E-state index in [1.54, 1.807) is 7.11 Å². The van der Waals surface area contributed by atoms with Crippen molar-refractivity contribution in [3.8, 4) is 5.75 Å². The summed E-state index contributed by atoms with van der Waals surface area (Å²) in [5.74, 6) is 0.548. The zero-order valence-corrected chi connectivity index (χ0v) is 14.8. The molecule has 0 saturated heterocycles. The third-order valence-electron chi connectivity index (χ3n) is 3.95. The van der Waals surface area contributed by atoms with Crippen molar-refractivity contribution in [3.05, 3.63) is 58.7 Å². The van der Waals surface area contributed by atoms with Crippen LogP contribution in [0, 0.1) is 13.8 Å². The van der Waals surface area contributed by atoms with Gasteiger partial charge in [-0.05, 0) is 48.6 Å². The molecule has 0 atom stereocenters. The van der Waals surface area contributed by atoms with Gasteiger partial charge in [0, 0.05) is 5.56 Å². The summed E-state index contributed by atoms with van der Waals surface area (Å²) in [6.07, 6.45) is 0. The van der Waals surface area contributed by atoms with Crippen molar-refractivity contribution < 1.29 is 9.53 Å². The summed E-state index contributed by atoms with van der Waals surface area (Å²) in [7, 11) is 1.61. The highest BCUT2D eigenvalue weighted by atomic mass is 16.5. The smallest absolute Gasteiger partial charge is 0.256 e. The van der Waals surface area contributed by atoms with Gasteiger partial charge in [-0.2, -0.15) is 0 Å². The van der Waals surface area contributed by atoms with Gasteiger partial charge in [0.2, 0.25) is 0 Å². The van der Waals surface area contributed by atoms with E-state index in [4.69, 9.17) is 4.74 Å². The molecule has 0 fully saturated rings. The number of aryl methyl sites for hydroxylation is 2. The van der Waals surface area contributed by atoms with Crippen molar-refractivity contribution >= 4 is 11.6 Å². The zero-order chi connectivity index (χ0) is 17.2. The second-order valence-electron chi connectivity index (χ2n) is 6.94. The number of hydrogen-bond donors (Lipinski definition) is 1. The quantitative estimate of drug-likeness (QED) is 0.879. The maximum absolute atomic E-state index is 12.6. The first-order chi connectivity index (χ1) is 10.7. The fourth-order valence-corrected chi connectivity index (χ4v) is 2.44. The first-order valence-electron chi connectivity index (χ1n) is 7.79. The van der Waals surface area contributed by atoms with Crippen molar-refractivity contribution in [1.82, 2.24) is 0 Å². The van der Waals surface area contributed by atoms with E-state index in [0.29, 0.717) is 17.0 Å². The van der Waals surface area contributed by atoms with Gasteiger partial charge in [0.1, 0.15) is 5.75 Å². The summed E-state index contributed by atoms with van der Waals surface area (Å²) in [4.78, 5) is 12.6. The number of benzene rings is 2. The maximum atomic E-state index is 12.6. The minimum Gasteiger partial charge on any atom is -0.495 e. The molecule has 0 aliphatic rings. The van der Waals surface area contributed by atoms with Crippen LogP contribution in [0.1, 0.15) is 47.8 Å². The van der Waals surface area contributed by atoms with Crippen molar-refractivity contribution in [2.75, 3.05) is 12.4 Å². The van der Waals surface area contributed by atoms with Crippen molar-refractivity contribution in [3.63, 3.8) is 0 Å². The fourth-order valence-electron chi connectivity index (χ4n) is 2.44. The van der Waals surface area contributed by atoms with Crippen molar-refractivity contribution in [2.45, 2.75) is 40.0 Å². The molecule has 3 heteroatoms. The number of rotatable bonds is 3. The third-order valence-corrected chi connectivity index (χ3v) is 3.95. The molecule has 3 nitrogen and oxygen atoms in total. The van der Waals surface area contributed by atoms with E-state index in [2.05, 4.69) is 26.1 Å². The summed E-state index contributed by atoms with van der Waals surface area (Å²) < 4.78 is 5.39. The summed E-state index contributed by atoms with van der Waals surface area (Å²) >= 11 is 0. The Labute approximate surface area is 138 Å². The SMILES string of the molecule is COc1ccc(C(C)(C)C)cc1NC(=O)c1cc(C)ccc1C. The number of amides is 1. The van der Waals surface area contributed by atoms with Crippen LogP contribution >= 0.6 is 0 Å². The van der Waals surface area contributed by atoms with Gasteiger partial charge in [0.05, 0.1) is 12.8 Å². The van der Waals surface area contributed by atoms with Gasteiger partial charge in [0.15, 0.2) is 0 Å². The predicted octanol–water partition coefficient (Wildman–Crippen LogP) is 4.86. The molecule has 2 aromatic rings. The second-order valence-corrected chi connectivity index (χ2v) is 6.94. The minimum absolute atomic E-state index is 0.00496. The van der Waals surface area contributed by atoms with Crippen molar-refractivity contribution in [1.29, 1.82) is 0 Å². The lowest BCUT2D eigenvalue weighted by Crippen LogP contribution is -2.16. The molecule has 1 N–H and O–H groups in total. The third kappa shape index (κ3) is 3.92. The highest BCUT2D eigenvalue weighted by molar-refractivity contribution is 6.06. The molecule has 0 aromatic heterocycles. The maximum Gasteiger partial charge on any atom is 0.256 e. The Morgan fingerprint density at radius 2 is 1.74 bits per heavy atom. The molecule has 2 aromatic carbocycles. The lowest BCUT2D eigenvalue weighted by Gasteiger charge is -2.21. The van der Waals surface area contributed by atoms with Crippen LogP contribution in [0.2, 0.25) is 0 Å². The molecule has 0 heterocycles. The van der Waals surface area contributed by atoms with E-state index in [1.165, 1.54) is 0 Å². The number of carbonyl (C=O) groups is 1. The number of hydrogen-bond acceptors (Lipinski definition) is 2. The first kappa shape index (κ1) is 17.1. The lowest BCUT2D eigenvalue weighted by molar-refractivity contribution is 0.102. The van der Waals surface area contributed by atoms with E-state index >= 15 is 0 Å². The Hall–Kier alpha value is -2.29. The molecule has 0 saturated carbocycles. The lowest BCUT2D eigenvalue weighted by atomic mass is 9.87. The summed E-state index contributed by atoms with van der Waals surface area (Å²) in [6, 6.07) is 11.8. The Bertz CT molecular complexity index is 727. The monoisotopic (exact) mass is 311 g/mol. The zero-order valence-electron chi connectivity index (χ0n) is 14.8. The molecule has 2 rings (SSSR count). The van der Waals surface area contributed by atoms with E-state index in [9.17, 15) is 4.79 Å². The average molecular weight is 311 g/mol. The van der Waals surface area contributed by atoms with Gasteiger partial charge in [0.25, 0.3) is 5.91 Å². The van der Waals surface area contributed by atoms with Crippen LogP contribution in [0.4, 0.5) is 5.69 Å². The van der Waals surface area contributed by atoms with E-state index in [0.717, 1.165) is 16.7 Å². The number of carbonyl (C=O) groups excluding carboxylic acids is 1. The van der Waals surface area contributed by atoms with Crippen LogP contribution < -0.4 is 10.1 Å². The van der Waals surface area contributed by atoms with Gasteiger partial charge in [-0.25, -0.2) is 0 Å². The van der Waals surface area contributed by atoms with Crippen LogP contribution in [-0.2, 0) is 5.41 Å². The van der Waals surface area contributed by atoms with Crippen LogP contribution in [0.15, 0.2) is 36.4 Å². The summed E-state index contributed by atoms with van der Waals surface area (Å²) in [5, 5.41) is 2.99. The molecule has 0 aliphatic heterocycles. The molecule has 0 bridgehead atoms. The highest BCUT2D eigenvalue weighted by Gasteiger charge is 2.18. The molecule has 23 heavy (non-hydrogen) atoms. The Morgan fingerprint density at radius 3 is 2.35 bits per heavy atom. The standard InChI is InChI=1S/C20H25NO2/c1-13-7-8-14(2)16(11-13)19(22)21-17-12-15(20(3,4)5)9-10-18(17)23-6/h7-12H,1-6H3,(H,21,22). The predicted molar refractivity (Wildman–Crippen MR) is 95.6 cm³/mol. The normalized spacial score (nSPS) is 11.2. The minimum atomic E-state index is -0.115. The van der Waals surface area contributed by atoms with Crippen LogP contribution in [0.3, 0.4) is 0 Å². The molecule has 1 amide bonds. The van der Waals surface area contributed by atoms with Crippen LogP contribution in [0.5, 0.6) is 5.75 Å². The molecule has 0 aliphatic carbocycles. The molecule has 0 unspecified atom stereocenters. The second kappa shape index (κ2) is 6.45. The fraction of sp³-hybridized carbons (Fsp3) is 0.350. The number of anilines is 1. The molecular weight excluding hydrogens is 286 g/mol. The summed E-state index contributed by atoms with van der Waals surface area (Å²) in [6.45, 7) is 10.4.